The molecular weight excluding hydrogens is 236 g/mol. The number of hydrogen-bond acceptors (Lipinski definition) is 4. The van der Waals surface area contributed by atoms with Gasteiger partial charge in [-0.15, -0.1) is 0 Å². The molecule has 102 valence electrons. The fraction of sp³-hybridized carbons (Fsp3) is 0.600. The summed E-state index contributed by atoms with van der Waals surface area (Å²) in [6.07, 6.45) is 2.26. The molecule has 0 amide bonds. The molecule has 0 unspecified atom stereocenters. The summed E-state index contributed by atoms with van der Waals surface area (Å²) in [5.74, 6) is 0.872. The van der Waals surface area contributed by atoms with Gasteiger partial charge in [-0.2, -0.15) is 5.26 Å². The highest BCUT2D eigenvalue weighted by Crippen LogP contribution is 2.25. The van der Waals surface area contributed by atoms with Gasteiger partial charge in [-0.25, -0.2) is 4.98 Å². The third-order valence-corrected chi connectivity index (χ3v) is 3.93. The average molecular weight is 258 g/mol. The molecule has 0 N–H and O–H groups in total. The molecule has 2 rings (SSSR count). The Hall–Kier alpha value is -1.60. The molecule has 4 heteroatoms. The van der Waals surface area contributed by atoms with Gasteiger partial charge < -0.3 is 9.80 Å². The van der Waals surface area contributed by atoms with Gasteiger partial charge in [0.15, 0.2) is 0 Å². The van der Waals surface area contributed by atoms with E-state index in [2.05, 4.69) is 34.9 Å². The Morgan fingerprint density at radius 2 is 1.95 bits per heavy atom. The zero-order valence-corrected chi connectivity index (χ0v) is 12.3. The van der Waals surface area contributed by atoms with Crippen molar-refractivity contribution in [2.45, 2.75) is 32.7 Å². The van der Waals surface area contributed by atoms with Gasteiger partial charge in [-0.1, -0.05) is 0 Å². The van der Waals surface area contributed by atoms with Crippen LogP contribution in [0.1, 0.15) is 29.7 Å². The molecule has 0 saturated carbocycles. The van der Waals surface area contributed by atoms with Crippen LogP contribution < -0.4 is 4.90 Å². The molecule has 1 aromatic rings. The number of aryl methyl sites for hydroxylation is 2. The van der Waals surface area contributed by atoms with E-state index in [0.717, 1.165) is 48.6 Å². The summed E-state index contributed by atoms with van der Waals surface area (Å²) in [5.41, 5.74) is 2.75. The van der Waals surface area contributed by atoms with Crippen LogP contribution in [0.4, 0.5) is 5.82 Å². The molecule has 4 nitrogen and oxygen atoms in total. The predicted molar refractivity (Wildman–Crippen MR) is 77.3 cm³/mol. The van der Waals surface area contributed by atoms with Crippen LogP contribution in [-0.2, 0) is 0 Å². The Labute approximate surface area is 115 Å². The van der Waals surface area contributed by atoms with E-state index in [0.29, 0.717) is 6.04 Å². The van der Waals surface area contributed by atoms with Crippen molar-refractivity contribution in [3.8, 4) is 6.07 Å². The number of rotatable bonds is 2. The maximum absolute atomic E-state index is 9.34. The van der Waals surface area contributed by atoms with E-state index >= 15 is 0 Å². The van der Waals surface area contributed by atoms with Gasteiger partial charge in [0, 0.05) is 24.8 Å². The number of hydrogen-bond donors (Lipinski definition) is 0. The van der Waals surface area contributed by atoms with Gasteiger partial charge in [0.05, 0.1) is 5.56 Å². The molecule has 0 atom stereocenters. The Morgan fingerprint density at radius 1 is 1.32 bits per heavy atom. The van der Waals surface area contributed by atoms with Crippen molar-refractivity contribution in [1.82, 2.24) is 9.88 Å². The van der Waals surface area contributed by atoms with Crippen LogP contribution in [0.5, 0.6) is 0 Å². The zero-order valence-electron chi connectivity index (χ0n) is 12.3. The maximum Gasteiger partial charge on any atom is 0.147 e. The molecule has 1 aliphatic rings. The molecule has 0 spiro atoms. The topological polar surface area (TPSA) is 43.2 Å². The number of piperidine rings is 1. The Bertz CT molecular complexity index is 494. The minimum Gasteiger partial charge on any atom is -0.355 e. The lowest BCUT2D eigenvalue weighted by Crippen LogP contribution is -2.42. The van der Waals surface area contributed by atoms with Crippen LogP contribution in [0.2, 0.25) is 0 Å². The van der Waals surface area contributed by atoms with Crippen molar-refractivity contribution in [2.75, 3.05) is 32.1 Å². The largest absolute Gasteiger partial charge is 0.355 e. The molecular formula is C15H22N4. The van der Waals surface area contributed by atoms with Gasteiger partial charge in [-0.3, -0.25) is 0 Å². The summed E-state index contributed by atoms with van der Waals surface area (Å²) < 4.78 is 0. The van der Waals surface area contributed by atoms with Crippen molar-refractivity contribution in [3.05, 3.63) is 22.9 Å². The van der Waals surface area contributed by atoms with Crippen molar-refractivity contribution in [2.24, 2.45) is 0 Å². The highest BCUT2D eigenvalue weighted by atomic mass is 15.2. The van der Waals surface area contributed by atoms with E-state index in [-0.39, 0.29) is 0 Å². The SMILES string of the molecule is Cc1cc(C)c(C#N)c(N2CCC(N(C)C)CC2)n1. The Morgan fingerprint density at radius 3 is 2.47 bits per heavy atom. The molecule has 0 bridgehead atoms. The first-order valence-corrected chi connectivity index (χ1v) is 6.82. The lowest BCUT2D eigenvalue weighted by Gasteiger charge is -2.36. The Balaban J connectivity index is 2.22. The second-order valence-corrected chi connectivity index (χ2v) is 5.57. The third kappa shape index (κ3) is 2.87. The van der Waals surface area contributed by atoms with Gasteiger partial charge >= 0.3 is 0 Å². The van der Waals surface area contributed by atoms with E-state index in [1.165, 1.54) is 0 Å². The van der Waals surface area contributed by atoms with Gasteiger partial charge in [0.25, 0.3) is 0 Å². The average Bonchev–Trinajstić information content (AvgIpc) is 2.38. The van der Waals surface area contributed by atoms with E-state index in [4.69, 9.17) is 0 Å². The lowest BCUT2D eigenvalue weighted by molar-refractivity contribution is 0.249. The van der Waals surface area contributed by atoms with Gasteiger partial charge in [-0.05, 0) is 52.4 Å². The second kappa shape index (κ2) is 5.58. The summed E-state index contributed by atoms with van der Waals surface area (Å²) in [6.45, 7) is 5.94. The van der Waals surface area contributed by atoms with Crippen LogP contribution in [0, 0.1) is 25.2 Å². The quantitative estimate of drug-likeness (QED) is 0.815. The van der Waals surface area contributed by atoms with Gasteiger partial charge in [0.1, 0.15) is 11.9 Å². The van der Waals surface area contributed by atoms with Crippen molar-refractivity contribution < 1.29 is 0 Å². The number of nitrogens with zero attached hydrogens (tertiary/aromatic N) is 4. The highest BCUT2D eigenvalue weighted by Gasteiger charge is 2.23. The highest BCUT2D eigenvalue weighted by molar-refractivity contribution is 5.58. The standard InChI is InChI=1S/C15H22N4/c1-11-9-12(2)17-15(14(11)10-16)19-7-5-13(6-8-19)18(3)4/h9,13H,5-8H2,1-4H3. The summed E-state index contributed by atoms with van der Waals surface area (Å²) in [6, 6.07) is 4.93. The van der Waals surface area contributed by atoms with Crippen LogP contribution in [0.3, 0.4) is 0 Å². The summed E-state index contributed by atoms with van der Waals surface area (Å²) in [7, 11) is 4.27. The van der Waals surface area contributed by atoms with E-state index in [1.54, 1.807) is 0 Å². The number of nitriles is 1. The molecule has 1 fully saturated rings. The summed E-state index contributed by atoms with van der Waals surface area (Å²) in [4.78, 5) is 9.14. The van der Waals surface area contributed by atoms with Gasteiger partial charge in [0.2, 0.25) is 0 Å². The fourth-order valence-electron chi connectivity index (χ4n) is 2.78. The zero-order chi connectivity index (χ0) is 14.0. The second-order valence-electron chi connectivity index (χ2n) is 5.57. The normalized spacial score (nSPS) is 16.7. The van der Waals surface area contributed by atoms with E-state index in [9.17, 15) is 5.26 Å². The fourth-order valence-corrected chi connectivity index (χ4v) is 2.78. The first-order chi connectivity index (χ1) is 9.02. The lowest BCUT2D eigenvalue weighted by atomic mass is 10.0. The van der Waals surface area contributed by atoms with E-state index in [1.807, 2.05) is 19.9 Å². The molecule has 1 saturated heterocycles. The first kappa shape index (κ1) is 13.8. The van der Waals surface area contributed by atoms with E-state index < -0.39 is 0 Å². The molecule has 1 aliphatic heterocycles. The number of aromatic nitrogens is 1. The van der Waals surface area contributed by atoms with Crippen molar-refractivity contribution in [3.63, 3.8) is 0 Å². The summed E-state index contributed by atoms with van der Waals surface area (Å²) >= 11 is 0. The molecule has 0 radical (unpaired) electrons. The molecule has 0 aromatic carbocycles. The summed E-state index contributed by atoms with van der Waals surface area (Å²) in [5, 5.41) is 9.34. The Kier molecular flexibility index (Phi) is 4.06. The van der Waals surface area contributed by atoms with Crippen LogP contribution in [0.25, 0.3) is 0 Å². The first-order valence-electron chi connectivity index (χ1n) is 6.82. The molecule has 19 heavy (non-hydrogen) atoms. The minimum atomic E-state index is 0.646. The molecule has 2 heterocycles. The smallest absolute Gasteiger partial charge is 0.147 e. The van der Waals surface area contributed by atoms with Crippen molar-refractivity contribution in [1.29, 1.82) is 5.26 Å². The third-order valence-electron chi connectivity index (χ3n) is 3.93. The van der Waals surface area contributed by atoms with Crippen LogP contribution in [0.15, 0.2) is 6.07 Å². The van der Waals surface area contributed by atoms with Crippen molar-refractivity contribution >= 4 is 5.82 Å². The molecule has 1 aromatic heterocycles. The van der Waals surface area contributed by atoms with Crippen LogP contribution >= 0.6 is 0 Å². The predicted octanol–water partition coefficient (Wildman–Crippen LogP) is 2.10. The maximum atomic E-state index is 9.34. The monoisotopic (exact) mass is 258 g/mol. The number of anilines is 1. The minimum absolute atomic E-state index is 0.646. The van der Waals surface area contributed by atoms with Crippen LogP contribution in [-0.4, -0.2) is 43.1 Å². The molecule has 0 aliphatic carbocycles. The number of pyridine rings is 1.